The number of aliphatic carboxylic acids is 1. The number of carbonyl (C=O) groups excluding carboxylic acids is 4. The molecule has 0 spiro atoms. The summed E-state index contributed by atoms with van der Waals surface area (Å²) in [6.45, 7) is 12.3. The van der Waals surface area contributed by atoms with Crippen molar-refractivity contribution in [1.82, 2.24) is 15.5 Å². The van der Waals surface area contributed by atoms with Crippen molar-refractivity contribution in [1.29, 1.82) is 0 Å². The Balaban J connectivity index is 1.40. The standard InChI is InChI=1S/C51H85N3O23/c1-61-14-15-65-22-23-69-28-29-71-32-33-73-36-37-75-40-41-76-39-38-74-35-34-72-31-30-70-27-25-67-20-17-63-12-9-52-51(60)46(42-44-2-4-45(5-3-44)77-43-50(58)59)53-47(55)8-11-62-16-19-66-24-26-68-21-18-64-13-10-54-48(56)6-7-49(54)57/h2-7,46H,8-43H2,1H3,(H,52,60)(H,53,55)(H,58,59). The molecule has 0 fully saturated rings. The van der Waals surface area contributed by atoms with Crippen LogP contribution in [0.5, 0.6) is 5.75 Å². The number of hydrogen-bond acceptors (Lipinski definition) is 22. The number of carbonyl (C=O) groups is 5. The first kappa shape index (κ1) is 68.8. The molecule has 0 saturated carbocycles. The maximum absolute atomic E-state index is 13.2. The van der Waals surface area contributed by atoms with Crippen LogP contribution in [0.4, 0.5) is 0 Å². The normalized spacial score (nSPS) is 12.7. The van der Waals surface area contributed by atoms with E-state index >= 15 is 0 Å². The van der Waals surface area contributed by atoms with Gasteiger partial charge in [-0.2, -0.15) is 0 Å². The van der Waals surface area contributed by atoms with Crippen molar-refractivity contribution >= 4 is 29.6 Å². The molecular formula is C51H85N3O23. The molecule has 1 aliphatic heterocycles. The van der Waals surface area contributed by atoms with Gasteiger partial charge in [0.1, 0.15) is 11.8 Å². The molecule has 4 amide bonds. The Morgan fingerprint density at radius 3 is 1.17 bits per heavy atom. The fourth-order valence-electron chi connectivity index (χ4n) is 6.13. The van der Waals surface area contributed by atoms with Crippen LogP contribution in [-0.2, 0) is 106 Å². The summed E-state index contributed by atoms with van der Waals surface area (Å²) < 4.78 is 92.3. The van der Waals surface area contributed by atoms with Gasteiger partial charge in [0.05, 0.1) is 211 Å². The third-order valence-electron chi connectivity index (χ3n) is 10.0. The lowest BCUT2D eigenvalue weighted by Crippen LogP contribution is -2.48. The summed E-state index contributed by atoms with van der Waals surface area (Å²) in [5, 5.41) is 14.5. The van der Waals surface area contributed by atoms with Crippen LogP contribution in [0.25, 0.3) is 0 Å². The summed E-state index contributed by atoms with van der Waals surface area (Å²) in [5.41, 5.74) is 0.711. The van der Waals surface area contributed by atoms with E-state index in [1.807, 2.05) is 0 Å². The molecule has 0 aromatic heterocycles. The average Bonchev–Trinajstić information content (AvgIpc) is 3.75. The lowest BCUT2D eigenvalue weighted by atomic mass is 10.0. The zero-order valence-corrected chi connectivity index (χ0v) is 44.9. The smallest absolute Gasteiger partial charge is 0.341 e. The van der Waals surface area contributed by atoms with Gasteiger partial charge < -0.3 is 96.3 Å². The molecule has 1 aliphatic rings. The highest BCUT2D eigenvalue weighted by molar-refractivity contribution is 6.12. The number of carboxylic acid groups (broad SMARTS) is 1. The topological polar surface area (TPSA) is 290 Å². The molecule has 1 atom stereocenters. The van der Waals surface area contributed by atoms with Crippen molar-refractivity contribution in [2.45, 2.75) is 18.9 Å². The van der Waals surface area contributed by atoms with Gasteiger partial charge in [0.2, 0.25) is 11.8 Å². The molecule has 26 heteroatoms. The largest absolute Gasteiger partial charge is 0.482 e. The molecule has 77 heavy (non-hydrogen) atoms. The van der Waals surface area contributed by atoms with E-state index in [0.29, 0.717) is 183 Å². The minimum Gasteiger partial charge on any atom is -0.482 e. The number of rotatable bonds is 58. The molecule has 2 rings (SSSR count). The molecular weight excluding hydrogens is 1020 g/mol. The van der Waals surface area contributed by atoms with Crippen LogP contribution in [0.15, 0.2) is 36.4 Å². The minimum atomic E-state index is -1.11. The number of hydrogen-bond donors (Lipinski definition) is 3. The van der Waals surface area contributed by atoms with E-state index in [1.165, 1.54) is 12.2 Å². The maximum Gasteiger partial charge on any atom is 0.341 e. The third kappa shape index (κ3) is 42.3. The zero-order valence-electron chi connectivity index (χ0n) is 44.9. The first-order valence-electron chi connectivity index (χ1n) is 26.0. The molecule has 0 radical (unpaired) electrons. The Morgan fingerprint density at radius 1 is 0.468 bits per heavy atom. The first-order chi connectivity index (χ1) is 37.8. The molecule has 0 aliphatic carbocycles. The first-order valence-corrected chi connectivity index (χ1v) is 26.0. The van der Waals surface area contributed by atoms with E-state index in [1.54, 1.807) is 31.4 Å². The predicted octanol–water partition coefficient (Wildman–Crippen LogP) is -0.496. The zero-order chi connectivity index (χ0) is 55.3. The van der Waals surface area contributed by atoms with Gasteiger partial charge in [0.15, 0.2) is 6.61 Å². The number of amides is 4. The maximum atomic E-state index is 13.2. The summed E-state index contributed by atoms with van der Waals surface area (Å²) in [6.07, 6.45) is 2.61. The van der Waals surface area contributed by atoms with Crippen molar-refractivity contribution in [2.24, 2.45) is 0 Å². The van der Waals surface area contributed by atoms with Crippen LogP contribution in [0.2, 0.25) is 0 Å². The molecule has 1 aromatic carbocycles. The van der Waals surface area contributed by atoms with E-state index in [2.05, 4.69) is 10.6 Å². The number of benzene rings is 1. The minimum absolute atomic E-state index is 0.00214. The Labute approximate surface area is 452 Å². The second kappa shape index (κ2) is 51.1. The van der Waals surface area contributed by atoms with E-state index in [4.69, 9.17) is 85.6 Å². The highest BCUT2D eigenvalue weighted by Crippen LogP contribution is 2.14. The van der Waals surface area contributed by atoms with E-state index in [9.17, 15) is 24.0 Å². The molecule has 1 unspecified atom stereocenters. The Hall–Kier alpha value is -4.33. The summed E-state index contributed by atoms with van der Waals surface area (Å²) >= 11 is 0. The monoisotopic (exact) mass is 1110 g/mol. The van der Waals surface area contributed by atoms with E-state index in [-0.39, 0.29) is 70.8 Å². The predicted molar refractivity (Wildman–Crippen MR) is 273 cm³/mol. The molecule has 442 valence electrons. The highest BCUT2D eigenvalue weighted by Gasteiger charge is 2.23. The fraction of sp³-hybridized carbons (Fsp3) is 0.745. The van der Waals surface area contributed by atoms with E-state index < -0.39 is 30.4 Å². The van der Waals surface area contributed by atoms with Crippen LogP contribution in [0.3, 0.4) is 0 Å². The fourth-order valence-corrected chi connectivity index (χ4v) is 6.13. The molecule has 0 bridgehead atoms. The van der Waals surface area contributed by atoms with Gasteiger partial charge in [-0.3, -0.25) is 24.1 Å². The Morgan fingerprint density at radius 2 is 0.805 bits per heavy atom. The second-order valence-corrected chi connectivity index (χ2v) is 16.0. The van der Waals surface area contributed by atoms with Crippen LogP contribution in [0, 0.1) is 0 Å². The van der Waals surface area contributed by atoms with Crippen molar-refractivity contribution < 1.29 is 110 Å². The number of nitrogens with one attached hydrogen (secondary N) is 2. The molecule has 3 N–H and O–H groups in total. The summed E-state index contributed by atoms with van der Waals surface area (Å²) in [6, 6.07) is 5.65. The quantitative estimate of drug-likeness (QED) is 0.0548. The van der Waals surface area contributed by atoms with Crippen molar-refractivity contribution in [3.05, 3.63) is 42.0 Å². The molecule has 1 heterocycles. The molecule has 1 aromatic rings. The van der Waals surface area contributed by atoms with Gasteiger partial charge in [0, 0.05) is 38.6 Å². The van der Waals surface area contributed by atoms with Crippen LogP contribution in [0.1, 0.15) is 12.0 Å². The number of methoxy groups -OCH3 is 1. The molecule has 0 saturated heterocycles. The third-order valence-corrected chi connectivity index (χ3v) is 10.0. The van der Waals surface area contributed by atoms with Gasteiger partial charge in [0.25, 0.3) is 11.8 Å². The van der Waals surface area contributed by atoms with Gasteiger partial charge in [-0.1, -0.05) is 12.1 Å². The van der Waals surface area contributed by atoms with Crippen molar-refractivity contribution in [2.75, 3.05) is 232 Å². The lowest BCUT2D eigenvalue weighted by molar-refractivity contribution is -0.139. The SMILES string of the molecule is COCCOCCOCCOCCOCCOCCOCCOCCOCCOCCOCCOCCNC(=O)C(Cc1ccc(OCC(=O)O)cc1)NC(=O)CCOCCOCCOCCOCCN1C(=O)C=CC1=O. The lowest BCUT2D eigenvalue weighted by Gasteiger charge is -2.19. The highest BCUT2D eigenvalue weighted by atomic mass is 16.6. The number of imide groups is 1. The summed E-state index contributed by atoms with van der Waals surface area (Å²) in [4.78, 5) is 61.1. The number of carboxylic acids is 1. The Bertz CT molecular complexity index is 1630. The number of nitrogens with zero attached hydrogens (tertiary/aromatic N) is 1. The van der Waals surface area contributed by atoms with Crippen molar-refractivity contribution in [3.63, 3.8) is 0 Å². The van der Waals surface area contributed by atoms with Crippen LogP contribution >= 0.6 is 0 Å². The van der Waals surface area contributed by atoms with Crippen molar-refractivity contribution in [3.8, 4) is 5.75 Å². The van der Waals surface area contributed by atoms with Gasteiger partial charge in [-0.15, -0.1) is 0 Å². The summed E-state index contributed by atoms with van der Waals surface area (Å²) in [5.74, 6) is -2.26. The van der Waals surface area contributed by atoms with Crippen LogP contribution in [-0.4, -0.2) is 277 Å². The summed E-state index contributed by atoms with van der Waals surface area (Å²) in [7, 11) is 1.63. The number of ether oxygens (including phenoxy) is 17. The van der Waals surface area contributed by atoms with Gasteiger partial charge >= 0.3 is 5.97 Å². The Kier molecular flexibility index (Phi) is 45.7. The van der Waals surface area contributed by atoms with Crippen LogP contribution < -0.4 is 15.4 Å². The van der Waals surface area contributed by atoms with Gasteiger partial charge in [-0.05, 0) is 17.7 Å². The average molecular weight is 1110 g/mol. The van der Waals surface area contributed by atoms with Gasteiger partial charge in [-0.25, -0.2) is 4.79 Å². The molecule has 26 nitrogen and oxygen atoms in total. The second-order valence-electron chi connectivity index (χ2n) is 16.0. The van der Waals surface area contributed by atoms with E-state index in [0.717, 1.165) is 4.90 Å².